The van der Waals surface area contributed by atoms with Crippen molar-refractivity contribution < 1.29 is 0 Å². The second-order valence-corrected chi connectivity index (χ2v) is 6.21. The molecule has 2 rings (SSSR count). The highest BCUT2D eigenvalue weighted by atomic mass is 79.9. The number of hydrogen-bond donors (Lipinski definition) is 1. The Morgan fingerprint density at radius 1 is 1.28 bits per heavy atom. The fourth-order valence-corrected chi connectivity index (χ4v) is 2.72. The van der Waals surface area contributed by atoms with Crippen LogP contribution in [0.15, 0.2) is 40.9 Å². The summed E-state index contributed by atoms with van der Waals surface area (Å²) in [5.41, 5.74) is 1.40. The van der Waals surface area contributed by atoms with Crippen LogP contribution in [0.3, 0.4) is 0 Å². The van der Waals surface area contributed by atoms with Crippen LogP contribution in [-0.2, 0) is 6.42 Å². The summed E-state index contributed by atoms with van der Waals surface area (Å²) in [5.74, 6) is 0.836. The number of benzene rings is 1. The van der Waals surface area contributed by atoms with Crippen molar-refractivity contribution in [1.29, 1.82) is 0 Å². The molecule has 0 heterocycles. The molecule has 18 heavy (non-hydrogen) atoms. The summed E-state index contributed by atoms with van der Waals surface area (Å²) in [7, 11) is 0. The molecule has 2 heteroatoms. The molecule has 1 aliphatic rings. The van der Waals surface area contributed by atoms with Gasteiger partial charge in [0.25, 0.3) is 0 Å². The summed E-state index contributed by atoms with van der Waals surface area (Å²) in [6.07, 6.45) is 9.59. The van der Waals surface area contributed by atoms with Crippen molar-refractivity contribution in [2.45, 2.75) is 38.6 Å². The van der Waals surface area contributed by atoms with Crippen molar-refractivity contribution in [3.8, 4) is 0 Å². The lowest BCUT2D eigenvalue weighted by Crippen LogP contribution is -2.33. The van der Waals surface area contributed by atoms with Gasteiger partial charge < -0.3 is 5.32 Å². The fourth-order valence-electron chi connectivity index (χ4n) is 2.46. The molecule has 98 valence electrons. The third-order valence-electron chi connectivity index (χ3n) is 3.59. The summed E-state index contributed by atoms with van der Waals surface area (Å²) in [5, 5.41) is 3.67. The highest BCUT2D eigenvalue weighted by Gasteiger charge is 2.11. The molecule has 0 saturated heterocycles. The maximum absolute atomic E-state index is 3.67. The van der Waals surface area contributed by atoms with Gasteiger partial charge in [0, 0.05) is 10.5 Å². The lowest BCUT2D eigenvalue weighted by atomic mass is 9.94. The Kier molecular flexibility index (Phi) is 5.45. The van der Waals surface area contributed by atoms with Gasteiger partial charge in [-0.3, -0.25) is 0 Å². The zero-order valence-electron chi connectivity index (χ0n) is 11.0. The highest BCUT2D eigenvalue weighted by Crippen LogP contribution is 2.17. The summed E-state index contributed by atoms with van der Waals surface area (Å²) in [6.45, 7) is 3.43. The van der Waals surface area contributed by atoms with E-state index in [9.17, 15) is 0 Å². The van der Waals surface area contributed by atoms with E-state index >= 15 is 0 Å². The van der Waals surface area contributed by atoms with E-state index in [0.29, 0.717) is 6.04 Å². The molecule has 1 nitrogen and oxygen atoms in total. The van der Waals surface area contributed by atoms with Crippen molar-refractivity contribution in [3.05, 3.63) is 46.5 Å². The summed E-state index contributed by atoms with van der Waals surface area (Å²) in [4.78, 5) is 0. The van der Waals surface area contributed by atoms with Gasteiger partial charge in [-0.1, -0.05) is 40.2 Å². The molecule has 0 bridgehead atoms. The third-order valence-corrected chi connectivity index (χ3v) is 4.12. The standard InChI is InChI=1S/C16H22BrN/c1-13(11-14-7-9-16(17)10-8-14)18-12-15-5-3-2-4-6-15/h2-3,7-10,13,15,18H,4-6,11-12H2,1H3. The SMILES string of the molecule is CC(Cc1ccc(Br)cc1)NCC1CC=CCC1. The van der Waals surface area contributed by atoms with E-state index < -0.39 is 0 Å². The first-order valence-electron chi connectivity index (χ1n) is 6.87. The Balaban J connectivity index is 1.73. The summed E-state index contributed by atoms with van der Waals surface area (Å²) in [6, 6.07) is 9.19. The molecular weight excluding hydrogens is 286 g/mol. The van der Waals surface area contributed by atoms with E-state index in [-0.39, 0.29) is 0 Å². The Hall–Kier alpha value is -0.600. The van der Waals surface area contributed by atoms with Crippen molar-refractivity contribution in [2.75, 3.05) is 6.54 Å². The summed E-state index contributed by atoms with van der Waals surface area (Å²) < 4.78 is 1.15. The second kappa shape index (κ2) is 7.10. The van der Waals surface area contributed by atoms with E-state index in [1.165, 1.54) is 24.8 Å². The third kappa shape index (κ3) is 4.58. The molecule has 0 fully saturated rings. The first kappa shape index (κ1) is 13.8. The van der Waals surface area contributed by atoms with Crippen LogP contribution in [-0.4, -0.2) is 12.6 Å². The molecule has 0 amide bonds. The Labute approximate surface area is 119 Å². The van der Waals surface area contributed by atoms with Crippen LogP contribution in [0.1, 0.15) is 31.7 Å². The number of hydrogen-bond acceptors (Lipinski definition) is 1. The smallest absolute Gasteiger partial charge is 0.0175 e. The topological polar surface area (TPSA) is 12.0 Å². The van der Waals surface area contributed by atoms with Crippen molar-refractivity contribution in [2.24, 2.45) is 5.92 Å². The first-order valence-corrected chi connectivity index (χ1v) is 7.66. The molecule has 0 spiro atoms. The molecule has 1 aromatic carbocycles. The number of nitrogens with one attached hydrogen (secondary N) is 1. The van der Waals surface area contributed by atoms with Crippen LogP contribution in [0.4, 0.5) is 0 Å². The zero-order chi connectivity index (χ0) is 12.8. The molecule has 0 saturated carbocycles. The van der Waals surface area contributed by atoms with Crippen LogP contribution in [0.5, 0.6) is 0 Å². The Morgan fingerprint density at radius 2 is 2.06 bits per heavy atom. The summed E-state index contributed by atoms with van der Waals surface area (Å²) >= 11 is 3.47. The van der Waals surface area contributed by atoms with Crippen LogP contribution in [0.25, 0.3) is 0 Å². The zero-order valence-corrected chi connectivity index (χ0v) is 12.6. The molecule has 1 aromatic rings. The quantitative estimate of drug-likeness (QED) is 0.799. The van der Waals surface area contributed by atoms with Gasteiger partial charge in [0.15, 0.2) is 0 Å². The van der Waals surface area contributed by atoms with E-state index in [1.807, 2.05) is 0 Å². The molecule has 2 atom stereocenters. The van der Waals surface area contributed by atoms with Gasteiger partial charge in [-0.25, -0.2) is 0 Å². The molecule has 1 N–H and O–H groups in total. The minimum atomic E-state index is 0.553. The Bertz CT molecular complexity index is 383. The van der Waals surface area contributed by atoms with Crippen LogP contribution in [0.2, 0.25) is 0 Å². The van der Waals surface area contributed by atoms with Gasteiger partial charge in [-0.2, -0.15) is 0 Å². The number of allylic oxidation sites excluding steroid dienone is 2. The molecule has 1 aliphatic carbocycles. The Morgan fingerprint density at radius 3 is 2.72 bits per heavy atom. The van der Waals surface area contributed by atoms with Crippen LogP contribution in [0, 0.1) is 5.92 Å². The fraction of sp³-hybridized carbons (Fsp3) is 0.500. The maximum atomic E-state index is 3.67. The van der Waals surface area contributed by atoms with E-state index in [1.54, 1.807) is 0 Å². The van der Waals surface area contributed by atoms with Gasteiger partial charge in [0.05, 0.1) is 0 Å². The van der Waals surface area contributed by atoms with Gasteiger partial charge in [-0.05, 0) is 62.8 Å². The van der Waals surface area contributed by atoms with Crippen molar-refractivity contribution in [1.82, 2.24) is 5.32 Å². The van der Waals surface area contributed by atoms with Gasteiger partial charge in [0.1, 0.15) is 0 Å². The molecule has 0 aliphatic heterocycles. The predicted octanol–water partition coefficient (Wildman–Crippen LogP) is 4.33. The highest BCUT2D eigenvalue weighted by molar-refractivity contribution is 9.10. The molecule has 0 radical (unpaired) electrons. The van der Waals surface area contributed by atoms with Gasteiger partial charge in [0.2, 0.25) is 0 Å². The molecule has 2 unspecified atom stereocenters. The average molecular weight is 308 g/mol. The minimum absolute atomic E-state index is 0.553. The molecular formula is C16H22BrN. The van der Waals surface area contributed by atoms with Crippen LogP contribution >= 0.6 is 15.9 Å². The van der Waals surface area contributed by atoms with Gasteiger partial charge in [-0.15, -0.1) is 0 Å². The largest absolute Gasteiger partial charge is 0.314 e. The lowest BCUT2D eigenvalue weighted by Gasteiger charge is -2.21. The van der Waals surface area contributed by atoms with Crippen molar-refractivity contribution in [3.63, 3.8) is 0 Å². The first-order chi connectivity index (χ1) is 8.74. The average Bonchev–Trinajstić information content (AvgIpc) is 2.40. The van der Waals surface area contributed by atoms with Crippen molar-refractivity contribution >= 4 is 15.9 Å². The van der Waals surface area contributed by atoms with E-state index in [2.05, 4.69) is 64.6 Å². The minimum Gasteiger partial charge on any atom is -0.314 e. The molecule has 0 aromatic heterocycles. The second-order valence-electron chi connectivity index (χ2n) is 5.29. The van der Waals surface area contributed by atoms with E-state index in [0.717, 1.165) is 23.4 Å². The van der Waals surface area contributed by atoms with Crippen LogP contribution < -0.4 is 5.32 Å². The monoisotopic (exact) mass is 307 g/mol. The van der Waals surface area contributed by atoms with Gasteiger partial charge >= 0.3 is 0 Å². The predicted molar refractivity (Wildman–Crippen MR) is 81.8 cm³/mol. The number of halogens is 1. The normalized spacial score (nSPS) is 20.9. The maximum Gasteiger partial charge on any atom is 0.0175 e. The lowest BCUT2D eigenvalue weighted by molar-refractivity contribution is 0.410. The number of rotatable bonds is 5. The van der Waals surface area contributed by atoms with E-state index in [4.69, 9.17) is 0 Å².